The van der Waals surface area contributed by atoms with Crippen LogP contribution in [0.4, 0.5) is 0 Å². The first-order valence-electron chi connectivity index (χ1n) is 19.9. The second kappa shape index (κ2) is 16.4. The summed E-state index contributed by atoms with van der Waals surface area (Å²) in [6.07, 6.45) is 13.4. The van der Waals surface area contributed by atoms with Crippen molar-refractivity contribution in [1.29, 1.82) is 0 Å². The predicted molar refractivity (Wildman–Crippen MR) is 216 cm³/mol. The minimum Gasteiger partial charge on any atom is -0.463 e. The van der Waals surface area contributed by atoms with Gasteiger partial charge in [0.15, 0.2) is 16.6 Å². The molecular formula is C43H76O5Si2. The Morgan fingerprint density at radius 2 is 1.62 bits per heavy atom. The van der Waals surface area contributed by atoms with Gasteiger partial charge in [0.05, 0.1) is 24.9 Å². The fourth-order valence-corrected chi connectivity index (χ4v) is 11.5. The van der Waals surface area contributed by atoms with Crippen molar-refractivity contribution in [2.75, 3.05) is 6.61 Å². The van der Waals surface area contributed by atoms with Gasteiger partial charge in [-0.1, -0.05) is 93.2 Å². The average molecular weight is 729 g/mol. The highest BCUT2D eigenvalue weighted by molar-refractivity contribution is 6.74. The molecule has 0 aromatic heterocycles. The molecular weight excluding hydrogens is 653 g/mol. The van der Waals surface area contributed by atoms with Crippen molar-refractivity contribution < 1.29 is 23.5 Å². The molecule has 3 fully saturated rings. The molecule has 0 aromatic rings. The smallest absolute Gasteiger partial charge is 0.333 e. The molecule has 50 heavy (non-hydrogen) atoms. The summed E-state index contributed by atoms with van der Waals surface area (Å²) in [6, 6.07) is 0. The van der Waals surface area contributed by atoms with Gasteiger partial charge in [0.2, 0.25) is 0 Å². The molecule has 3 aliphatic rings. The summed E-state index contributed by atoms with van der Waals surface area (Å²) < 4.78 is 19.4. The zero-order chi connectivity index (χ0) is 38.0. The van der Waals surface area contributed by atoms with E-state index in [2.05, 4.69) is 107 Å². The lowest BCUT2D eigenvalue weighted by atomic mass is 9.60. The summed E-state index contributed by atoms with van der Waals surface area (Å²) in [4.78, 5) is 12.4. The van der Waals surface area contributed by atoms with Gasteiger partial charge in [0.1, 0.15) is 0 Å². The Bertz CT molecular complexity index is 1280. The summed E-state index contributed by atoms with van der Waals surface area (Å²) in [5.74, 6) is 0.770. The number of hydrogen-bond acceptors (Lipinski definition) is 5. The second-order valence-electron chi connectivity index (χ2n) is 19.4. The van der Waals surface area contributed by atoms with Gasteiger partial charge in [0.25, 0.3) is 0 Å². The second-order valence-corrected chi connectivity index (χ2v) is 28.9. The van der Waals surface area contributed by atoms with Gasteiger partial charge in [0, 0.05) is 17.9 Å². The molecule has 0 heterocycles. The molecule has 0 amide bonds. The first-order chi connectivity index (χ1) is 22.9. The number of fused-ring (bicyclic) bond motifs is 1. The number of aliphatic hydroxyl groups is 1. The maximum Gasteiger partial charge on any atom is 0.333 e. The van der Waals surface area contributed by atoms with Gasteiger partial charge < -0.3 is 18.7 Å². The number of ether oxygens (including phenoxy) is 1. The lowest BCUT2D eigenvalue weighted by Crippen LogP contribution is -2.49. The number of rotatable bonds is 13. The van der Waals surface area contributed by atoms with E-state index >= 15 is 0 Å². The lowest BCUT2D eigenvalue weighted by molar-refractivity contribution is -0.139. The van der Waals surface area contributed by atoms with Gasteiger partial charge in [-0.15, -0.1) is 0 Å². The largest absolute Gasteiger partial charge is 0.463 e. The zero-order valence-electron chi connectivity index (χ0n) is 34.8. The van der Waals surface area contributed by atoms with Gasteiger partial charge in [-0.3, -0.25) is 0 Å². The monoisotopic (exact) mass is 729 g/mol. The van der Waals surface area contributed by atoms with Crippen molar-refractivity contribution in [2.45, 2.75) is 182 Å². The van der Waals surface area contributed by atoms with E-state index in [1.807, 2.05) is 6.92 Å². The molecule has 5 nitrogen and oxygen atoms in total. The molecule has 0 aromatic carbocycles. The molecule has 0 bridgehead atoms. The van der Waals surface area contributed by atoms with Crippen LogP contribution >= 0.6 is 0 Å². The molecule has 0 saturated heterocycles. The molecule has 0 spiro atoms. The topological polar surface area (TPSA) is 65.0 Å². The Morgan fingerprint density at radius 3 is 2.18 bits per heavy atom. The van der Waals surface area contributed by atoms with Crippen LogP contribution in [-0.2, 0) is 18.4 Å². The van der Waals surface area contributed by atoms with E-state index in [-0.39, 0.29) is 39.6 Å². The lowest BCUT2D eigenvalue weighted by Gasteiger charge is -2.46. The highest BCUT2D eigenvalue weighted by atomic mass is 28.4. The number of hydrogen-bond donors (Lipinski definition) is 1. The Hall–Kier alpha value is -1.26. The van der Waals surface area contributed by atoms with Gasteiger partial charge in [-0.25, -0.2) is 4.79 Å². The van der Waals surface area contributed by atoms with Gasteiger partial charge in [-0.05, 0) is 129 Å². The fourth-order valence-electron chi connectivity index (χ4n) is 8.81. The summed E-state index contributed by atoms with van der Waals surface area (Å²) >= 11 is 0. The summed E-state index contributed by atoms with van der Waals surface area (Å²) in [5.41, 5.74) is 4.61. The van der Waals surface area contributed by atoms with Crippen LogP contribution < -0.4 is 0 Å². The number of esters is 1. The van der Waals surface area contributed by atoms with Crippen molar-refractivity contribution in [3.05, 3.63) is 47.6 Å². The van der Waals surface area contributed by atoms with Crippen LogP contribution in [0.5, 0.6) is 0 Å². The molecule has 1 N–H and O–H groups in total. The minimum atomic E-state index is -2.02. The van der Waals surface area contributed by atoms with Crippen LogP contribution in [0.15, 0.2) is 47.6 Å². The van der Waals surface area contributed by atoms with Crippen molar-refractivity contribution in [3.63, 3.8) is 0 Å². The van der Waals surface area contributed by atoms with Crippen molar-refractivity contribution in [2.24, 2.45) is 29.1 Å². The highest BCUT2D eigenvalue weighted by Gasteiger charge is 2.51. The highest BCUT2D eigenvalue weighted by Crippen LogP contribution is 2.60. The van der Waals surface area contributed by atoms with Crippen LogP contribution in [0.25, 0.3) is 0 Å². The van der Waals surface area contributed by atoms with E-state index in [0.29, 0.717) is 42.8 Å². The first-order valence-corrected chi connectivity index (χ1v) is 25.7. The van der Waals surface area contributed by atoms with E-state index in [0.717, 1.165) is 24.8 Å². The van der Waals surface area contributed by atoms with E-state index < -0.39 is 22.7 Å². The maximum atomic E-state index is 12.4. The minimum absolute atomic E-state index is 0.0179. The van der Waals surface area contributed by atoms with Crippen LogP contribution in [0.3, 0.4) is 0 Å². The number of carbonyl (C=O) groups excluding carboxylic acids is 1. The third-order valence-electron chi connectivity index (χ3n) is 14.0. The maximum absolute atomic E-state index is 12.4. The SMILES string of the molecule is C=C(C(=O)OCC)C(CC)C(O)C[C@@H](C)[C@H]1CC[C@H]2C(=CC=C3C[C@@H](O[Si](C)(C)C(C)(C)C)C[C@H](O[Si](C)(C)C(C)(C)C)C3=C)CCC[C@]12C. The average Bonchev–Trinajstić information content (AvgIpc) is 3.34. The zero-order valence-corrected chi connectivity index (χ0v) is 36.8. The predicted octanol–water partition coefficient (Wildman–Crippen LogP) is 11.7. The van der Waals surface area contributed by atoms with Crippen molar-refractivity contribution in [1.82, 2.24) is 0 Å². The van der Waals surface area contributed by atoms with Crippen molar-refractivity contribution in [3.8, 4) is 0 Å². The standard InChI is InChI=1S/C43H76O5Si2/c1-17-35(31(5)40(45)46-18-2)38(44)26-29(3)36-23-24-37-32(20-19-25-43(36,37)12)21-22-33-27-34(47-49(13,14)41(6,7)8)28-39(30(33)4)48-50(15,16)42(9,10)11/h21-22,29,34-39,44H,4-5,17-20,23-28H2,1-3,6-16H3/t29-,34-,35?,36-,37+,38?,39+,43-/m1/s1. The quantitative estimate of drug-likeness (QED) is 0.116. The molecule has 3 rings (SSSR count). The Morgan fingerprint density at radius 1 is 1.02 bits per heavy atom. The Balaban J connectivity index is 1.86. The number of carbonyl (C=O) groups is 1. The van der Waals surface area contributed by atoms with E-state index in [9.17, 15) is 9.90 Å². The summed E-state index contributed by atoms with van der Waals surface area (Å²) in [5, 5.41) is 11.6. The molecule has 0 aliphatic heterocycles. The van der Waals surface area contributed by atoms with Gasteiger partial charge >= 0.3 is 5.97 Å². The Labute approximate surface area is 310 Å². The summed E-state index contributed by atoms with van der Waals surface area (Å²) in [6.45, 7) is 41.0. The van der Waals surface area contributed by atoms with Crippen LogP contribution in [-0.4, -0.2) is 52.6 Å². The third kappa shape index (κ3) is 9.64. The van der Waals surface area contributed by atoms with Crippen LogP contribution in [0, 0.1) is 29.1 Å². The molecule has 3 saturated carbocycles. The third-order valence-corrected chi connectivity index (χ3v) is 23.0. The van der Waals surface area contributed by atoms with Crippen molar-refractivity contribution >= 4 is 22.6 Å². The van der Waals surface area contributed by atoms with E-state index in [1.54, 1.807) is 12.5 Å². The molecule has 286 valence electrons. The fraction of sp³-hybridized carbons (Fsp3) is 0.791. The molecule has 2 unspecified atom stereocenters. The normalized spacial score (nSPS) is 30.3. The molecule has 8 atom stereocenters. The molecule has 3 aliphatic carbocycles. The Kier molecular flexibility index (Phi) is 14.2. The van der Waals surface area contributed by atoms with Gasteiger partial charge in [-0.2, -0.15) is 0 Å². The molecule has 7 heteroatoms. The number of aliphatic hydroxyl groups excluding tert-OH is 1. The first kappa shape index (κ1) is 43.2. The van der Waals surface area contributed by atoms with E-state index in [1.165, 1.54) is 31.3 Å². The molecule has 0 radical (unpaired) electrons. The van der Waals surface area contributed by atoms with Crippen LogP contribution in [0.1, 0.15) is 127 Å². The van der Waals surface area contributed by atoms with Crippen LogP contribution in [0.2, 0.25) is 36.3 Å². The summed E-state index contributed by atoms with van der Waals surface area (Å²) in [7, 11) is -3.99. The van der Waals surface area contributed by atoms with E-state index in [4.69, 9.17) is 13.6 Å². The number of allylic oxidation sites excluding steroid dienone is 3.